The topological polar surface area (TPSA) is 101 Å². The van der Waals surface area contributed by atoms with E-state index >= 15 is 0 Å². The van der Waals surface area contributed by atoms with Gasteiger partial charge < -0.3 is 11.1 Å². The third-order valence-corrected chi connectivity index (χ3v) is 2.65. The van der Waals surface area contributed by atoms with Crippen LogP contribution >= 0.6 is 12.4 Å². The molecule has 1 aromatic carbocycles. The average Bonchev–Trinajstić information content (AvgIpc) is 2.23. The molecule has 0 radical (unpaired) electrons. The Labute approximate surface area is 112 Å². The zero-order chi connectivity index (χ0) is 12.9. The maximum Gasteiger partial charge on any atom is 0.251 e. The molecule has 4 N–H and O–H groups in total. The number of halogens is 1. The fourth-order valence-electron chi connectivity index (χ4n) is 1.19. The van der Waals surface area contributed by atoms with Gasteiger partial charge in [0.2, 0.25) is 10.0 Å². The molecular weight excluding hydrogens is 278 g/mol. The molecule has 18 heavy (non-hydrogen) atoms. The number of nitrogens with one attached hydrogen (secondary N) is 2. The monoisotopic (exact) mass is 293 g/mol. The third kappa shape index (κ3) is 6.43. The van der Waals surface area contributed by atoms with Crippen molar-refractivity contribution in [2.75, 3.05) is 25.1 Å². The quantitative estimate of drug-likeness (QED) is 0.524. The van der Waals surface area contributed by atoms with Gasteiger partial charge in [-0.15, -0.1) is 12.4 Å². The van der Waals surface area contributed by atoms with Crippen LogP contribution in [0, 0.1) is 0 Å². The highest BCUT2D eigenvalue weighted by molar-refractivity contribution is 7.88. The smallest absolute Gasteiger partial charge is 0.251 e. The van der Waals surface area contributed by atoms with E-state index in [1.165, 1.54) is 0 Å². The molecule has 0 unspecified atom stereocenters. The molecule has 0 atom stereocenters. The van der Waals surface area contributed by atoms with Crippen molar-refractivity contribution in [3.05, 3.63) is 29.8 Å². The standard InChI is InChI=1S/C10H15N3O3S.ClH/c1-17(15,16)13-6-5-12-10(14)8-3-2-4-9(11)7-8;/h2-4,7,13H,5-6,11H2,1H3,(H,12,14);1H. The Morgan fingerprint density at radius 2 is 2.00 bits per heavy atom. The van der Waals surface area contributed by atoms with E-state index in [-0.39, 0.29) is 31.4 Å². The van der Waals surface area contributed by atoms with Crippen molar-refractivity contribution in [2.45, 2.75) is 0 Å². The first-order valence-corrected chi connectivity index (χ1v) is 6.86. The number of hydrogen-bond acceptors (Lipinski definition) is 4. The van der Waals surface area contributed by atoms with Crippen LogP contribution in [-0.2, 0) is 10.0 Å². The Balaban J connectivity index is 0.00000289. The summed E-state index contributed by atoms with van der Waals surface area (Å²) in [7, 11) is -3.21. The highest BCUT2D eigenvalue weighted by atomic mass is 35.5. The Bertz CT molecular complexity index is 505. The van der Waals surface area contributed by atoms with E-state index in [9.17, 15) is 13.2 Å². The summed E-state index contributed by atoms with van der Waals surface area (Å²) in [6.07, 6.45) is 1.06. The number of carbonyl (C=O) groups excluding carboxylic acids is 1. The second-order valence-electron chi connectivity index (χ2n) is 3.55. The molecule has 1 aromatic rings. The van der Waals surface area contributed by atoms with Gasteiger partial charge in [-0.1, -0.05) is 6.07 Å². The molecule has 102 valence electrons. The maximum atomic E-state index is 11.6. The van der Waals surface area contributed by atoms with Gasteiger partial charge in [-0.2, -0.15) is 0 Å². The number of benzene rings is 1. The first kappa shape index (κ1) is 16.7. The van der Waals surface area contributed by atoms with E-state index < -0.39 is 10.0 Å². The molecule has 0 fully saturated rings. The number of anilines is 1. The predicted octanol–water partition coefficient (Wildman–Crippen LogP) is -0.0304. The molecule has 0 saturated carbocycles. The van der Waals surface area contributed by atoms with Crippen molar-refractivity contribution in [3.63, 3.8) is 0 Å². The summed E-state index contributed by atoms with van der Waals surface area (Å²) in [5, 5.41) is 2.58. The van der Waals surface area contributed by atoms with Crippen molar-refractivity contribution < 1.29 is 13.2 Å². The molecule has 8 heteroatoms. The van der Waals surface area contributed by atoms with Gasteiger partial charge in [0.1, 0.15) is 0 Å². The van der Waals surface area contributed by atoms with Crippen LogP contribution < -0.4 is 15.8 Å². The van der Waals surface area contributed by atoms with Crippen LogP contribution in [0.25, 0.3) is 0 Å². The highest BCUT2D eigenvalue weighted by Gasteiger charge is 2.05. The Hall–Kier alpha value is -1.31. The van der Waals surface area contributed by atoms with Crippen molar-refractivity contribution in [1.29, 1.82) is 0 Å². The molecule has 1 amide bonds. The van der Waals surface area contributed by atoms with E-state index in [1.807, 2.05) is 0 Å². The van der Waals surface area contributed by atoms with Crippen molar-refractivity contribution in [3.8, 4) is 0 Å². The second kappa shape index (κ2) is 7.20. The van der Waals surface area contributed by atoms with Crippen LogP contribution in [0.5, 0.6) is 0 Å². The average molecular weight is 294 g/mol. The molecule has 0 aromatic heterocycles. The number of sulfonamides is 1. The maximum absolute atomic E-state index is 11.6. The normalized spacial score (nSPS) is 10.5. The molecule has 0 saturated heterocycles. The van der Waals surface area contributed by atoms with Gasteiger partial charge in [-0.3, -0.25) is 4.79 Å². The van der Waals surface area contributed by atoms with E-state index in [0.717, 1.165) is 6.26 Å². The molecule has 6 nitrogen and oxygen atoms in total. The Kier molecular flexibility index (Phi) is 6.67. The van der Waals surface area contributed by atoms with Gasteiger partial charge in [-0.05, 0) is 18.2 Å². The van der Waals surface area contributed by atoms with Gasteiger partial charge in [0.05, 0.1) is 6.26 Å². The fraction of sp³-hybridized carbons (Fsp3) is 0.300. The minimum atomic E-state index is -3.21. The summed E-state index contributed by atoms with van der Waals surface area (Å²) in [4.78, 5) is 11.6. The van der Waals surface area contributed by atoms with Crippen molar-refractivity contribution in [2.24, 2.45) is 0 Å². The van der Waals surface area contributed by atoms with E-state index in [0.29, 0.717) is 11.3 Å². The first-order chi connectivity index (χ1) is 7.88. The van der Waals surface area contributed by atoms with Crippen LogP contribution in [0.3, 0.4) is 0 Å². The zero-order valence-electron chi connectivity index (χ0n) is 9.84. The number of nitrogen functional groups attached to an aromatic ring is 1. The van der Waals surface area contributed by atoms with Gasteiger partial charge in [0.15, 0.2) is 0 Å². The predicted molar refractivity (Wildman–Crippen MR) is 73.3 cm³/mol. The molecule has 1 rings (SSSR count). The van der Waals surface area contributed by atoms with Crippen LogP contribution in [0.15, 0.2) is 24.3 Å². The molecule has 0 aliphatic heterocycles. The van der Waals surface area contributed by atoms with Gasteiger partial charge in [0, 0.05) is 24.3 Å². The molecule has 0 aliphatic carbocycles. The number of nitrogens with two attached hydrogens (primary N) is 1. The summed E-state index contributed by atoms with van der Waals surface area (Å²) in [6, 6.07) is 6.55. The van der Waals surface area contributed by atoms with E-state index in [1.54, 1.807) is 24.3 Å². The minimum Gasteiger partial charge on any atom is -0.399 e. The van der Waals surface area contributed by atoms with Gasteiger partial charge >= 0.3 is 0 Å². The summed E-state index contributed by atoms with van der Waals surface area (Å²) in [6.45, 7) is 0.383. The SMILES string of the molecule is CS(=O)(=O)NCCNC(=O)c1cccc(N)c1.Cl. The Morgan fingerprint density at radius 1 is 1.33 bits per heavy atom. The molecule has 0 spiro atoms. The lowest BCUT2D eigenvalue weighted by molar-refractivity contribution is 0.0954. The fourth-order valence-corrected chi connectivity index (χ4v) is 1.67. The lowest BCUT2D eigenvalue weighted by Gasteiger charge is -2.06. The van der Waals surface area contributed by atoms with Gasteiger partial charge in [0.25, 0.3) is 5.91 Å². The van der Waals surface area contributed by atoms with Crippen LogP contribution in [0.1, 0.15) is 10.4 Å². The largest absolute Gasteiger partial charge is 0.399 e. The van der Waals surface area contributed by atoms with Crippen LogP contribution in [0.4, 0.5) is 5.69 Å². The van der Waals surface area contributed by atoms with Gasteiger partial charge in [-0.25, -0.2) is 13.1 Å². The van der Waals surface area contributed by atoms with Crippen molar-refractivity contribution in [1.82, 2.24) is 10.0 Å². The zero-order valence-corrected chi connectivity index (χ0v) is 11.5. The molecule has 0 bridgehead atoms. The molecule has 0 heterocycles. The van der Waals surface area contributed by atoms with Crippen LogP contribution in [0.2, 0.25) is 0 Å². The molecule has 0 aliphatic rings. The number of rotatable bonds is 5. The minimum absolute atomic E-state index is 0. The van der Waals surface area contributed by atoms with E-state index in [2.05, 4.69) is 10.0 Å². The van der Waals surface area contributed by atoms with Crippen LogP contribution in [-0.4, -0.2) is 33.7 Å². The summed E-state index contributed by atoms with van der Waals surface area (Å²) in [5.41, 5.74) is 6.49. The molecular formula is C10H16ClN3O3S. The lowest BCUT2D eigenvalue weighted by atomic mass is 10.2. The number of carbonyl (C=O) groups is 1. The lowest BCUT2D eigenvalue weighted by Crippen LogP contribution is -2.34. The highest BCUT2D eigenvalue weighted by Crippen LogP contribution is 2.05. The third-order valence-electron chi connectivity index (χ3n) is 1.92. The van der Waals surface area contributed by atoms with Crippen molar-refractivity contribution >= 4 is 34.0 Å². The summed E-state index contributed by atoms with van der Waals surface area (Å²) >= 11 is 0. The number of amides is 1. The Morgan fingerprint density at radius 3 is 2.56 bits per heavy atom. The second-order valence-corrected chi connectivity index (χ2v) is 5.38. The summed E-state index contributed by atoms with van der Waals surface area (Å²) in [5.74, 6) is -0.285. The number of hydrogen-bond donors (Lipinski definition) is 3. The summed E-state index contributed by atoms with van der Waals surface area (Å²) < 4.78 is 23.8. The first-order valence-electron chi connectivity index (χ1n) is 4.97. The van der Waals surface area contributed by atoms with E-state index in [4.69, 9.17) is 5.73 Å².